The van der Waals surface area contributed by atoms with Crippen LogP contribution in [0.4, 0.5) is 5.69 Å². The number of amides is 1. The molecule has 1 aromatic rings. The van der Waals surface area contributed by atoms with Crippen LogP contribution >= 0.6 is 0 Å². The monoisotopic (exact) mass is 304 g/mol. The summed E-state index contributed by atoms with van der Waals surface area (Å²) in [7, 11) is 0. The SMILES string of the molecule is CCCN1C(=O)C(C)(C)Oc2ccc(C(N)C(C)(C)C)cc21. The molecule has 1 aromatic carbocycles. The van der Waals surface area contributed by atoms with E-state index in [0.29, 0.717) is 6.54 Å². The van der Waals surface area contributed by atoms with Crippen LogP contribution < -0.4 is 15.4 Å². The van der Waals surface area contributed by atoms with Gasteiger partial charge in [0.1, 0.15) is 5.75 Å². The van der Waals surface area contributed by atoms with E-state index in [-0.39, 0.29) is 17.4 Å². The van der Waals surface area contributed by atoms with E-state index in [0.717, 1.165) is 23.4 Å². The molecule has 0 aromatic heterocycles. The van der Waals surface area contributed by atoms with E-state index >= 15 is 0 Å². The highest BCUT2D eigenvalue weighted by Gasteiger charge is 2.40. The van der Waals surface area contributed by atoms with Gasteiger partial charge in [-0.1, -0.05) is 33.8 Å². The van der Waals surface area contributed by atoms with Gasteiger partial charge in [0, 0.05) is 12.6 Å². The van der Waals surface area contributed by atoms with Crippen molar-refractivity contribution in [3.05, 3.63) is 23.8 Å². The third kappa shape index (κ3) is 2.98. The third-order valence-corrected chi connectivity index (χ3v) is 4.14. The van der Waals surface area contributed by atoms with E-state index in [2.05, 4.69) is 27.7 Å². The molecule has 0 saturated carbocycles. The lowest BCUT2D eigenvalue weighted by atomic mass is 9.83. The third-order valence-electron chi connectivity index (χ3n) is 4.14. The number of fused-ring (bicyclic) bond motifs is 1. The van der Waals surface area contributed by atoms with Crippen LogP contribution in [0.25, 0.3) is 0 Å². The van der Waals surface area contributed by atoms with Crippen LogP contribution in [0, 0.1) is 5.41 Å². The fourth-order valence-electron chi connectivity index (χ4n) is 2.72. The molecule has 1 unspecified atom stereocenters. The number of nitrogens with two attached hydrogens (primary N) is 1. The van der Waals surface area contributed by atoms with Gasteiger partial charge in [-0.05, 0) is 43.4 Å². The van der Waals surface area contributed by atoms with Gasteiger partial charge in [0.25, 0.3) is 5.91 Å². The van der Waals surface area contributed by atoms with Crippen LogP contribution in [0.15, 0.2) is 18.2 Å². The maximum Gasteiger partial charge on any atom is 0.270 e. The van der Waals surface area contributed by atoms with E-state index in [1.807, 2.05) is 36.9 Å². The molecule has 4 heteroatoms. The molecule has 1 amide bonds. The first-order valence-corrected chi connectivity index (χ1v) is 7.98. The van der Waals surface area contributed by atoms with E-state index in [1.165, 1.54) is 0 Å². The summed E-state index contributed by atoms with van der Waals surface area (Å²) in [5, 5.41) is 0. The van der Waals surface area contributed by atoms with Crippen molar-refractivity contribution in [1.82, 2.24) is 0 Å². The molecule has 0 saturated heterocycles. The van der Waals surface area contributed by atoms with Gasteiger partial charge in [-0.25, -0.2) is 0 Å². The summed E-state index contributed by atoms with van der Waals surface area (Å²) in [6.45, 7) is 12.7. The highest BCUT2D eigenvalue weighted by Crippen LogP contribution is 2.41. The zero-order valence-electron chi connectivity index (χ0n) is 14.6. The lowest BCUT2D eigenvalue weighted by Gasteiger charge is -2.39. The molecule has 2 N–H and O–H groups in total. The number of nitrogens with zero attached hydrogens (tertiary/aromatic N) is 1. The lowest BCUT2D eigenvalue weighted by molar-refractivity contribution is -0.132. The molecule has 2 rings (SSSR count). The second kappa shape index (κ2) is 5.58. The van der Waals surface area contributed by atoms with Crippen LogP contribution in [0.5, 0.6) is 5.75 Å². The highest BCUT2D eigenvalue weighted by molar-refractivity contribution is 6.02. The number of carbonyl (C=O) groups is 1. The molecule has 122 valence electrons. The van der Waals surface area contributed by atoms with Crippen molar-refractivity contribution in [2.24, 2.45) is 11.1 Å². The summed E-state index contributed by atoms with van der Waals surface area (Å²) < 4.78 is 5.90. The Hall–Kier alpha value is -1.55. The van der Waals surface area contributed by atoms with Crippen molar-refractivity contribution in [1.29, 1.82) is 0 Å². The molecule has 0 spiro atoms. The van der Waals surface area contributed by atoms with Crippen LogP contribution in [0.3, 0.4) is 0 Å². The standard InChI is InChI=1S/C18H28N2O2/c1-7-10-20-13-11-12(15(19)17(2,3)4)8-9-14(13)22-18(5,6)16(20)21/h8-9,11,15H,7,10,19H2,1-6H3. The molecule has 1 aliphatic rings. The van der Waals surface area contributed by atoms with Crippen LogP contribution in [0.2, 0.25) is 0 Å². The van der Waals surface area contributed by atoms with Crippen molar-refractivity contribution >= 4 is 11.6 Å². The summed E-state index contributed by atoms with van der Waals surface area (Å²) in [5.41, 5.74) is 7.37. The predicted molar refractivity (Wildman–Crippen MR) is 90.2 cm³/mol. The van der Waals surface area contributed by atoms with Gasteiger partial charge in [0.05, 0.1) is 5.69 Å². The van der Waals surface area contributed by atoms with Gasteiger partial charge in [0.2, 0.25) is 0 Å². The number of carbonyl (C=O) groups excluding carboxylic acids is 1. The fourth-order valence-corrected chi connectivity index (χ4v) is 2.72. The molecule has 1 heterocycles. The summed E-state index contributed by atoms with van der Waals surface area (Å²) in [4.78, 5) is 14.5. The summed E-state index contributed by atoms with van der Waals surface area (Å²) in [6.07, 6.45) is 0.900. The molecule has 22 heavy (non-hydrogen) atoms. The maximum atomic E-state index is 12.6. The number of benzene rings is 1. The molecule has 0 fully saturated rings. The van der Waals surface area contributed by atoms with E-state index in [9.17, 15) is 4.79 Å². The first kappa shape index (κ1) is 16.8. The number of hydrogen-bond donors (Lipinski definition) is 1. The Morgan fingerprint density at radius 2 is 1.95 bits per heavy atom. The maximum absolute atomic E-state index is 12.6. The minimum Gasteiger partial charge on any atom is -0.476 e. The van der Waals surface area contributed by atoms with E-state index in [4.69, 9.17) is 10.5 Å². The van der Waals surface area contributed by atoms with Crippen LogP contribution in [-0.4, -0.2) is 18.1 Å². The average Bonchev–Trinajstić information content (AvgIpc) is 2.41. The smallest absolute Gasteiger partial charge is 0.270 e. The van der Waals surface area contributed by atoms with Crippen molar-refractivity contribution in [3.63, 3.8) is 0 Å². The average molecular weight is 304 g/mol. The summed E-state index contributed by atoms with van der Waals surface area (Å²) in [6, 6.07) is 5.86. The Morgan fingerprint density at radius 3 is 2.50 bits per heavy atom. The lowest BCUT2D eigenvalue weighted by Crippen LogP contribution is -2.52. The number of hydrogen-bond acceptors (Lipinski definition) is 3. The van der Waals surface area contributed by atoms with E-state index < -0.39 is 5.60 Å². The molecule has 0 aliphatic carbocycles. The number of ether oxygens (including phenoxy) is 1. The second-order valence-corrected chi connectivity index (χ2v) is 7.64. The van der Waals surface area contributed by atoms with Gasteiger partial charge in [-0.2, -0.15) is 0 Å². The first-order valence-electron chi connectivity index (χ1n) is 7.98. The topological polar surface area (TPSA) is 55.6 Å². The van der Waals surface area contributed by atoms with Crippen molar-refractivity contribution in [3.8, 4) is 5.75 Å². The minimum atomic E-state index is -0.824. The van der Waals surface area contributed by atoms with Gasteiger partial charge in [-0.15, -0.1) is 0 Å². The molecule has 1 atom stereocenters. The van der Waals surface area contributed by atoms with Gasteiger partial charge in [-0.3, -0.25) is 4.79 Å². The Kier molecular flexibility index (Phi) is 4.26. The Morgan fingerprint density at radius 1 is 1.32 bits per heavy atom. The summed E-state index contributed by atoms with van der Waals surface area (Å²) >= 11 is 0. The Bertz CT molecular complexity index is 573. The first-order chi connectivity index (χ1) is 10.1. The van der Waals surface area contributed by atoms with Gasteiger partial charge >= 0.3 is 0 Å². The van der Waals surface area contributed by atoms with Crippen molar-refractivity contribution < 1.29 is 9.53 Å². The predicted octanol–water partition coefficient (Wildman–Crippen LogP) is 3.65. The largest absolute Gasteiger partial charge is 0.476 e. The molecule has 0 bridgehead atoms. The molecule has 4 nitrogen and oxygen atoms in total. The van der Waals surface area contributed by atoms with Gasteiger partial charge < -0.3 is 15.4 Å². The number of anilines is 1. The van der Waals surface area contributed by atoms with Crippen molar-refractivity contribution in [2.75, 3.05) is 11.4 Å². The minimum absolute atomic E-state index is 0.00308. The van der Waals surface area contributed by atoms with Crippen LogP contribution in [0.1, 0.15) is 59.6 Å². The Labute approximate surface area is 133 Å². The summed E-state index contributed by atoms with van der Waals surface area (Å²) in [5.74, 6) is 0.756. The molecule has 1 aliphatic heterocycles. The van der Waals surface area contributed by atoms with E-state index in [1.54, 1.807) is 0 Å². The normalized spacial score (nSPS) is 18.7. The zero-order chi connectivity index (χ0) is 16.7. The molecular formula is C18H28N2O2. The molecular weight excluding hydrogens is 276 g/mol. The van der Waals surface area contributed by atoms with Gasteiger partial charge in [0.15, 0.2) is 5.60 Å². The Balaban J connectivity index is 2.49. The fraction of sp³-hybridized carbons (Fsp3) is 0.611. The van der Waals surface area contributed by atoms with Crippen molar-refractivity contribution in [2.45, 2.75) is 59.6 Å². The molecule has 0 radical (unpaired) electrons. The zero-order valence-corrected chi connectivity index (χ0v) is 14.6. The van der Waals surface area contributed by atoms with Crippen LogP contribution in [-0.2, 0) is 4.79 Å². The highest BCUT2D eigenvalue weighted by atomic mass is 16.5. The second-order valence-electron chi connectivity index (χ2n) is 7.64. The quantitative estimate of drug-likeness (QED) is 0.927. The number of rotatable bonds is 3.